The van der Waals surface area contributed by atoms with E-state index >= 15 is 0 Å². The van der Waals surface area contributed by atoms with Crippen LogP contribution in [-0.2, 0) is 20.7 Å². The molecule has 0 bridgehead atoms. The van der Waals surface area contributed by atoms with Crippen molar-refractivity contribution in [2.45, 2.75) is 51.5 Å². The normalized spacial score (nSPS) is 18.2. The Labute approximate surface area is 147 Å². The highest BCUT2D eigenvalue weighted by Gasteiger charge is 2.32. The van der Waals surface area contributed by atoms with Crippen molar-refractivity contribution in [3.8, 4) is 0 Å². The summed E-state index contributed by atoms with van der Waals surface area (Å²) in [5.74, 6) is -0.611. The summed E-state index contributed by atoms with van der Waals surface area (Å²) < 4.78 is 5.17. The van der Waals surface area contributed by atoms with Gasteiger partial charge in [-0.25, -0.2) is 4.79 Å². The third kappa shape index (κ3) is 4.00. The SMILES string of the molecule is CCOC(=O)C(NC(=O)c1ccc2c(c1)CC(=O)N2)C1CCCCC1. The summed E-state index contributed by atoms with van der Waals surface area (Å²) >= 11 is 0. The van der Waals surface area contributed by atoms with Gasteiger partial charge in [0.05, 0.1) is 13.0 Å². The summed E-state index contributed by atoms with van der Waals surface area (Å²) in [6, 6.07) is 4.50. The van der Waals surface area contributed by atoms with E-state index in [2.05, 4.69) is 10.6 Å². The Kier molecular flexibility index (Phi) is 5.36. The molecule has 1 heterocycles. The Bertz CT molecular complexity index is 680. The highest BCUT2D eigenvalue weighted by atomic mass is 16.5. The second kappa shape index (κ2) is 7.68. The van der Waals surface area contributed by atoms with E-state index in [1.165, 1.54) is 6.42 Å². The number of carbonyl (C=O) groups excluding carboxylic acids is 3. The smallest absolute Gasteiger partial charge is 0.328 e. The number of ether oxygens (including phenoxy) is 1. The number of esters is 1. The summed E-state index contributed by atoms with van der Waals surface area (Å²) in [7, 11) is 0. The summed E-state index contributed by atoms with van der Waals surface area (Å²) in [5.41, 5.74) is 2.01. The summed E-state index contributed by atoms with van der Waals surface area (Å²) in [6.07, 6.45) is 5.44. The first-order valence-electron chi connectivity index (χ1n) is 8.98. The lowest BCUT2D eigenvalue weighted by atomic mass is 9.83. The van der Waals surface area contributed by atoms with Gasteiger partial charge >= 0.3 is 5.97 Å². The molecule has 1 aliphatic carbocycles. The van der Waals surface area contributed by atoms with Crippen molar-refractivity contribution in [2.24, 2.45) is 5.92 Å². The number of anilines is 1. The van der Waals surface area contributed by atoms with E-state index in [1.807, 2.05) is 0 Å². The molecular formula is C19H24N2O4. The highest BCUT2D eigenvalue weighted by Crippen LogP contribution is 2.28. The first kappa shape index (κ1) is 17.5. The minimum Gasteiger partial charge on any atom is -0.464 e. The number of rotatable bonds is 5. The van der Waals surface area contributed by atoms with Gasteiger partial charge in [-0.05, 0) is 49.4 Å². The van der Waals surface area contributed by atoms with Crippen LogP contribution in [0.3, 0.4) is 0 Å². The van der Waals surface area contributed by atoms with Gasteiger partial charge in [-0.3, -0.25) is 9.59 Å². The molecule has 0 aromatic heterocycles. The molecule has 2 N–H and O–H groups in total. The van der Waals surface area contributed by atoms with Crippen LogP contribution in [0.25, 0.3) is 0 Å². The highest BCUT2D eigenvalue weighted by molar-refractivity contribution is 6.02. The number of amides is 2. The molecule has 3 rings (SSSR count). The van der Waals surface area contributed by atoms with Gasteiger partial charge in [-0.2, -0.15) is 0 Å². The Morgan fingerprint density at radius 1 is 1.28 bits per heavy atom. The van der Waals surface area contributed by atoms with Crippen LogP contribution < -0.4 is 10.6 Å². The van der Waals surface area contributed by atoms with Crippen LogP contribution >= 0.6 is 0 Å². The van der Waals surface area contributed by atoms with E-state index in [0.29, 0.717) is 12.2 Å². The molecule has 2 aliphatic rings. The number of hydrogen-bond acceptors (Lipinski definition) is 4. The van der Waals surface area contributed by atoms with E-state index in [0.717, 1.165) is 36.9 Å². The quantitative estimate of drug-likeness (QED) is 0.804. The maximum atomic E-state index is 12.7. The molecule has 0 spiro atoms. The number of nitrogens with one attached hydrogen (secondary N) is 2. The lowest BCUT2D eigenvalue weighted by Gasteiger charge is -2.29. The van der Waals surface area contributed by atoms with E-state index in [-0.39, 0.29) is 30.1 Å². The standard InChI is InChI=1S/C19H24N2O4/c1-2-25-19(24)17(12-6-4-3-5-7-12)21-18(23)13-8-9-15-14(10-13)11-16(22)20-15/h8-10,12,17H,2-7,11H2,1H3,(H,20,22)(H,21,23). The molecule has 1 atom stereocenters. The first-order chi connectivity index (χ1) is 12.1. The number of carbonyl (C=O) groups is 3. The molecule has 6 nitrogen and oxygen atoms in total. The minimum absolute atomic E-state index is 0.0702. The van der Waals surface area contributed by atoms with Gasteiger partial charge in [0.2, 0.25) is 5.91 Å². The van der Waals surface area contributed by atoms with E-state index in [1.54, 1.807) is 25.1 Å². The lowest BCUT2D eigenvalue weighted by molar-refractivity contribution is -0.147. The van der Waals surface area contributed by atoms with Gasteiger partial charge in [0, 0.05) is 11.3 Å². The average molecular weight is 344 g/mol. The van der Waals surface area contributed by atoms with Crippen LogP contribution in [-0.4, -0.2) is 30.4 Å². The molecule has 134 valence electrons. The minimum atomic E-state index is -0.610. The zero-order valence-electron chi connectivity index (χ0n) is 14.5. The third-order valence-electron chi connectivity index (χ3n) is 4.94. The fourth-order valence-electron chi connectivity index (χ4n) is 3.66. The van der Waals surface area contributed by atoms with Crippen molar-refractivity contribution in [1.29, 1.82) is 0 Å². The maximum absolute atomic E-state index is 12.7. The third-order valence-corrected chi connectivity index (χ3v) is 4.94. The van der Waals surface area contributed by atoms with Crippen LogP contribution in [0.15, 0.2) is 18.2 Å². The predicted octanol–water partition coefficient (Wildman–Crippen LogP) is 2.42. The van der Waals surface area contributed by atoms with Crippen molar-refractivity contribution in [1.82, 2.24) is 5.32 Å². The molecular weight excluding hydrogens is 320 g/mol. The summed E-state index contributed by atoms with van der Waals surface area (Å²) in [5, 5.41) is 5.62. The van der Waals surface area contributed by atoms with Gasteiger partial charge in [0.15, 0.2) is 0 Å². The topological polar surface area (TPSA) is 84.5 Å². The molecule has 6 heteroatoms. The Morgan fingerprint density at radius 2 is 2.04 bits per heavy atom. The van der Waals surface area contributed by atoms with Crippen molar-refractivity contribution in [3.63, 3.8) is 0 Å². The fourth-order valence-corrected chi connectivity index (χ4v) is 3.66. The molecule has 1 unspecified atom stereocenters. The maximum Gasteiger partial charge on any atom is 0.328 e. The monoisotopic (exact) mass is 344 g/mol. The number of benzene rings is 1. The molecule has 1 fully saturated rings. The van der Waals surface area contributed by atoms with Gasteiger partial charge in [-0.1, -0.05) is 19.3 Å². The largest absolute Gasteiger partial charge is 0.464 e. The van der Waals surface area contributed by atoms with Crippen LogP contribution in [0.1, 0.15) is 54.9 Å². The van der Waals surface area contributed by atoms with Gasteiger partial charge in [0.25, 0.3) is 5.91 Å². The van der Waals surface area contributed by atoms with Gasteiger partial charge < -0.3 is 15.4 Å². The first-order valence-corrected chi connectivity index (χ1v) is 8.98. The molecule has 2 amide bonds. The summed E-state index contributed by atoms with van der Waals surface area (Å²) in [4.78, 5) is 36.5. The molecule has 0 radical (unpaired) electrons. The molecule has 25 heavy (non-hydrogen) atoms. The Balaban J connectivity index is 1.74. The van der Waals surface area contributed by atoms with E-state index in [4.69, 9.17) is 4.74 Å². The van der Waals surface area contributed by atoms with Crippen molar-refractivity contribution in [2.75, 3.05) is 11.9 Å². The van der Waals surface area contributed by atoms with Crippen LogP contribution in [0, 0.1) is 5.92 Å². The van der Waals surface area contributed by atoms with Crippen LogP contribution in [0.2, 0.25) is 0 Å². The molecule has 1 aromatic rings. The lowest BCUT2D eigenvalue weighted by Crippen LogP contribution is -2.47. The molecule has 1 aromatic carbocycles. The zero-order chi connectivity index (χ0) is 17.8. The summed E-state index contributed by atoms with van der Waals surface area (Å²) in [6.45, 7) is 2.06. The predicted molar refractivity (Wildman–Crippen MR) is 93.2 cm³/mol. The fraction of sp³-hybridized carbons (Fsp3) is 0.526. The van der Waals surface area contributed by atoms with Crippen LogP contribution in [0.4, 0.5) is 5.69 Å². The molecule has 1 saturated carbocycles. The van der Waals surface area contributed by atoms with Crippen molar-refractivity contribution < 1.29 is 19.1 Å². The van der Waals surface area contributed by atoms with Gasteiger partial charge in [-0.15, -0.1) is 0 Å². The zero-order valence-corrected chi connectivity index (χ0v) is 14.5. The van der Waals surface area contributed by atoms with Crippen LogP contribution in [0.5, 0.6) is 0 Å². The van der Waals surface area contributed by atoms with E-state index < -0.39 is 6.04 Å². The van der Waals surface area contributed by atoms with Crippen molar-refractivity contribution in [3.05, 3.63) is 29.3 Å². The van der Waals surface area contributed by atoms with Crippen molar-refractivity contribution >= 4 is 23.5 Å². The number of hydrogen-bond donors (Lipinski definition) is 2. The van der Waals surface area contributed by atoms with E-state index in [9.17, 15) is 14.4 Å². The Hall–Kier alpha value is -2.37. The Morgan fingerprint density at radius 3 is 2.76 bits per heavy atom. The molecule has 0 saturated heterocycles. The second-order valence-corrected chi connectivity index (χ2v) is 6.70. The number of fused-ring (bicyclic) bond motifs is 1. The van der Waals surface area contributed by atoms with Gasteiger partial charge in [0.1, 0.15) is 6.04 Å². The second-order valence-electron chi connectivity index (χ2n) is 6.70. The average Bonchev–Trinajstić information content (AvgIpc) is 2.99. The molecule has 1 aliphatic heterocycles.